The third-order valence-electron chi connectivity index (χ3n) is 4.00. The average molecular weight is 305 g/mol. The molecular weight excluding hydrogens is 278 g/mol. The molecule has 0 heterocycles. The zero-order valence-electron chi connectivity index (χ0n) is 12.5. The number of nitrogens with two attached hydrogens (primary N) is 1. The lowest BCUT2D eigenvalue weighted by Crippen LogP contribution is -2.37. The van der Waals surface area contributed by atoms with Crippen LogP contribution in [0.5, 0.6) is 0 Å². The van der Waals surface area contributed by atoms with Gasteiger partial charge in [-0.05, 0) is 31.7 Å². The monoisotopic (exact) mass is 305 g/mol. The molecule has 1 fully saturated rings. The third-order valence-corrected chi connectivity index (χ3v) is 5.38. The van der Waals surface area contributed by atoms with Crippen LogP contribution in [0.1, 0.15) is 32.6 Å². The second-order valence-corrected chi connectivity index (χ2v) is 7.41. The topological polar surface area (TPSA) is 92.5 Å². The van der Waals surface area contributed by atoms with E-state index < -0.39 is 10.0 Å². The van der Waals surface area contributed by atoms with Crippen LogP contribution in [0.15, 0.2) is 0 Å². The predicted octanol–water partition coefficient (Wildman–Crippen LogP) is 0.149. The number of amides is 1. The van der Waals surface area contributed by atoms with Crippen LogP contribution >= 0.6 is 0 Å². The molecule has 0 aromatic rings. The molecule has 20 heavy (non-hydrogen) atoms. The molecule has 1 saturated carbocycles. The Morgan fingerprint density at radius 3 is 2.65 bits per heavy atom. The Morgan fingerprint density at radius 2 is 2.10 bits per heavy atom. The van der Waals surface area contributed by atoms with Crippen LogP contribution in [0.4, 0.5) is 0 Å². The third kappa shape index (κ3) is 5.03. The van der Waals surface area contributed by atoms with Crippen molar-refractivity contribution in [2.45, 2.75) is 32.6 Å². The van der Waals surface area contributed by atoms with Crippen LogP contribution in [0, 0.1) is 11.8 Å². The number of hydrogen-bond acceptors (Lipinski definition) is 4. The lowest BCUT2D eigenvalue weighted by molar-refractivity contribution is -0.125. The second kappa shape index (κ2) is 7.95. The van der Waals surface area contributed by atoms with E-state index in [1.165, 1.54) is 10.6 Å². The number of nitrogens with one attached hydrogen (secondary N) is 1. The molecule has 1 rings (SSSR count). The largest absolute Gasteiger partial charge is 0.356 e. The number of rotatable bonds is 8. The molecule has 0 aliphatic heterocycles. The fraction of sp³-hybridized carbons (Fsp3) is 0.923. The Hall–Kier alpha value is -0.660. The highest BCUT2D eigenvalue weighted by molar-refractivity contribution is 7.88. The fourth-order valence-corrected chi connectivity index (χ4v) is 3.75. The molecule has 0 spiro atoms. The first-order valence-electron chi connectivity index (χ1n) is 7.33. The highest BCUT2D eigenvalue weighted by Gasteiger charge is 2.31. The molecule has 0 aromatic carbocycles. The zero-order valence-corrected chi connectivity index (χ0v) is 13.3. The minimum Gasteiger partial charge on any atom is -0.356 e. The molecule has 0 bridgehead atoms. The van der Waals surface area contributed by atoms with Gasteiger partial charge in [0, 0.05) is 25.6 Å². The highest BCUT2D eigenvalue weighted by Crippen LogP contribution is 2.30. The number of nitrogens with zero attached hydrogens (tertiary/aromatic N) is 1. The maximum Gasteiger partial charge on any atom is 0.223 e. The fourth-order valence-electron chi connectivity index (χ4n) is 2.82. The van der Waals surface area contributed by atoms with Gasteiger partial charge in [0.25, 0.3) is 0 Å². The summed E-state index contributed by atoms with van der Waals surface area (Å²) in [5.74, 6) is 0.413. The predicted molar refractivity (Wildman–Crippen MR) is 79.6 cm³/mol. The van der Waals surface area contributed by atoms with Gasteiger partial charge < -0.3 is 11.1 Å². The Kier molecular flexibility index (Phi) is 6.91. The molecule has 0 saturated heterocycles. The van der Waals surface area contributed by atoms with E-state index in [4.69, 9.17) is 5.73 Å². The molecule has 7 heteroatoms. The van der Waals surface area contributed by atoms with E-state index in [9.17, 15) is 13.2 Å². The summed E-state index contributed by atoms with van der Waals surface area (Å²) in [6, 6.07) is 0. The van der Waals surface area contributed by atoms with Gasteiger partial charge in [0.05, 0.1) is 6.26 Å². The van der Waals surface area contributed by atoms with Gasteiger partial charge in [-0.15, -0.1) is 0 Å². The molecule has 1 amide bonds. The zero-order chi connectivity index (χ0) is 15.2. The van der Waals surface area contributed by atoms with Gasteiger partial charge in [-0.1, -0.05) is 13.3 Å². The number of carbonyl (C=O) groups excluding carboxylic acids is 1. The van der Waals surface area contributed by atoms with Crippen LogP contribution in [0.3, 0.4) is 0 Å². The highest BCUT2D eigenvalue weighted by atomic mass is 32.2. The van der Waals surface area contributed by atoms with Gasteiger partial charge in [0.1, 0.15) is 0 Å². The normalized spacial score (nSPS) is 23.2. The molecule has 1 aliphatic rings. The molecular formula is C13H27N3O3S. The van der Waals surface area contributed by atoms with E-state index in [2.05, 4.69) is 5.32 Å². The van der Waals surface area contributed by atoms with E-state index >= 15 is 0 Å². The summed E-state index contributed by atoms with van der Waals surface area (Å²) in [6.45, 7) is 3.80. The van der Waals surface area contributed by atoms with Crippen LogP contribution < -0.4 is 11.1 Å². The maximum absolute atomic E-state index is 12.0. The molecule has 118 valence electrons. The quantitative estimate of drug-likeness (QED) is 0.624. The van der Waals surface area contributed by atoms with E-state index in [0.717, 1.165) is 19.3 Å². The van der Waals surface area contributed by atoms with E-state index in [1.807, 2.05) is 6.92 Å². The first-order chi connectivity index (χ1) is 9.40. The summed E-state index contributed by atoms with van der Waals surface area (Å²) in [7, 11) is -3.14. The number of hydrogen-bond donors (Lipinski definition) is 2. The molecule has 2 atom stereocenters. The summed E-state index contributed by atoms with van der Waals surface area (Å²) >= 11 is 0. The summed E-state index contributed by atoms with van der Waals surface area (Å²) < 4.78 is 24.2. The van der Waals surface area contributed by atoms with Crippen molar-refractivity contribution >= 4 is 15.9 Å². The summed E-state index contributed by atoms with van der Waals surface area (Å²) in [5.41, 5.74) is 5.67. The molecule has 3 N–H and O–H groups in total. The Morgan fingerprint density at radius 1 is 1.40 bits per heavy atom. The number of sulfonamides is 1. The summed E-state index contributed by atoms with van der Waals surface area (Å²) in [4.78, 5) is 12.0. The Balaban J connectivity index is 2.29. The Labute approximate surface area is 122 Å². The van der Waals surface area contributed by atoms with Crippen LogP contribution in [-0.2, 0) is 14.8 Å². The van der Waals surface area contributed by atoms with Crippen LogP contribution in [-0.4, -0.2) is 51.1 Å². The summed E-state index contributed by atoms with van der Waals surface area (Å²) in [6.07, 6.45) is 4.86. The lowest BCUT2D eigenvalue weighted by atomic mass is 9.95. The average Bonchev–Trinajstić information content (AvgIpc) is 2.85. The Bertz CT molecular complexity index is 411. The smallest absolute Gasteiger partial charge is 0.223 e. The summed E-state index contributed by atoms with van der Waals surface area (Å²) in [5, 5.41) is 2.90. The van der Waals surface area contributed by atoms with Crippen molar-refractivity contribution in [2.75, 3.05) is 32.4 Å². The lowest BCUT2D eigenvalue weighted by Gasteiger charge is -2.19. The van der Waals surface area contributed by atoms with Crippen molar-refractivity contribution in [3.63, 3.8) is 0 Å². The van der Waals surface area contributed by atoms with Crippen molar-refractivity contribution in [1.29, 1.82) is 0 Å². The van der Waals surface area contributed by atoms with Gasteiger partial charge in [-0.3, -0.25) is 4.79 Å². The molecule has 0 aromatic heterocycles. The van der Waals surface area contributed by atoms with Crippen molar-refractivity contribution < 1.29 is 13.2 Å². The minimum atomic E-state index is -3.14. The first-order valence-corrected chi connectivity index (χ1v) is 9.17. The van der Waals surface area contributed by atoms with Gasteiger partial charge in [0.2, 0.25) is 15.9 Å². The number of carbonyl (C=O) groups is 1. The van der Waals surface area contributed by atoms with E-state index in [-0.39, 0.29) is 11.8 Å². The molecule has 6 nitrogen and oxygen atoms in total. The van der Waals surface area contributed by atoms with Crippen LogP contribution in [0.2, 0.25) is 0 Å². The molecule has 0 radical (unpaired) electrons. The van der Waals surface area contributed by atoms with Crippen LogP contribution in [0.25, 0.3) is 0 Å². The van der Waals surface area contributed by atoms with Crippen molar-refractivity contribution in [2.24, 2.45) is 17.6 Å². The maximum atomic E-state index is 12.0. The van der Waals surface area contributed by atoms with Gasteiger partial charge in [-0.2, -0.15) is 0 Å². The standard InChI is InChI=1S/C13H27N3O3S/c1-3-16(20(2,18)19)9-5-8-15-13(17)12-7-4-6-11(12)10-14/h11-12H,3-10,14H2,1-2H3,(H,15,17). The van der Waals surface area contributed by atoms with Crippen molar-refractivity contribution in [1.82, 2.24) is 9.62 Å². The first kappa shape index (κ1) is 17.4. The minimum absolute atomic E-state index is 0.0391. The van der Waals surface area contributed by atoms with Crippen molar-refractivity contribution in [3.05, 3.63) is 0 Å². The SMILES string of the molecule is CCN(CCCNC(=O)C1CCCC1CN)S(C)(=O)=O. The van der Waals surface area contributed by atoms with Gasteiger partial charge >= 0.3 is 0 Å². The van der Waals surface area contributed by atoms with Gasteiger partial charge in [0.15, 0.2) is 0 Å². The van der Waals surface area contributed by atoms with E-state index in [0.29, 0.717) is 38.5 Å². The van der Waals surface area contributed by atoms with E-state index in [1.54, 1.807) is 0 Å². The molecule has 2 unspecified atom stereocenters. The molecule has 1 aliphatic carbocycles. The second-order valence-electron chi connectivity index (χ2n) is 5.43. The van der Waals surface area contributed by atoms with Gasteiger partial charge in [-0.25, -0.2) is 12.7 Å². The van der Waals surface area contributed by atoms with Crippen molar-refractivity contribution in [3.8, 4) is 0 Å².